The molecule has 0 radical (unpaired) electrons. The Morgan fingerprint density at radius 1 is 1.05 bits per heavy atom. The summed E-state index contributed by atoms with van der Waals surface area (Å²) in [5.74, 6) is 0.771. The van der Waals surface area contributed by atoms with Gasteiger partial charge in [-0.15, -0.1) is 0 Å². The SMILES string of the molecule is CN(C)c1nc2nonc2nc1Nc1ccc(F)cc1. The summed E-state index contributed by atoms with van der Waals surface area (Å²) < 4.78 is 17.5. The van der Waals surface area contributed by atoms with E-state index < -0.39 is 0 Å². The molecule has 0 aliphatic heterocycles. The third kappa shape index (κ3) is 2.22. The van der Waals surface area contributed by atoms with Crippen molar-refractivity contribution in [1.82, 2.24) is 20.3 Å². The number of nitrogens with zero attached hydrogens (tertiary/aromatic N) is 5. The maximum absolute atomic E-state index is 12.9. The van der Waals surface area contributed by atoms with Crippen molar-refractivity contribution in [2.75, 3.05) is 24.3 Å². The van der Waals surface area contributed by atoms with Crippen molar-refractivity contribution >= 4 is 28.6 Å². The first-order valence-corrected chi connectivity index (χ1v) is 5.84. The Morgan fingerprint density at radius 3 is 2.35 bits per heavy atom. The second-order valence-corrected chi connectivity index (χ2v) is 4.33. The number of hydrogen-bond donors (Lipinski definition) is 1. The van der Waals surface area contributed by atoms with Crippen LogP contribution in [0.3, 0.4) is 0 Å². The number of aromatic nitrogens is 4. The van der Waals surface area contributed by atoms with Gasteiger partial charge in [0.25, 0.3) is 0 Å². The predicted molar refractivity (Wildman–Crippen MR) is 71.4 cm³/mol. The minimum Gasteiger partial charge on any atom is -0.360 e. The molecule has 7 nitrogen and oxygen atoms in total. The Morgan fingerprint density at radius 2 is 1.70 bits per heavy atom. The van der Waals surface area contributed by atoms with Crippen molar-refractivity contribution in [1.29, 1.82) is 0 Å². The number of fused-ring (bicyclic) bond motifs is 1. The van der Waals surface area contributed by atoms with E-state index in [9.17, 15) is 4.39 Å². The normalized spacial score (nSPS) is 10.8. The van der Waals surface area contributed by atoms with E-state index in [1.807, 2.05) is 14.1 Å². The molecule has 0 spiro atoms. The molecule has 0 unspecified atom stereocenters. The lowest BCUT2D eigenvalue weighted by Crippen LogP contribution is -2.14. The zero-order valence-electron chi connectivity index (χ0n) is 10.8. The number of rotatable bonds is 3. The topological polar surface area (TPSA) is 80.0 Å². The third-order valence-electron chi connectivity index (χ3n) is 2.63. The van der Waals surface area contributed by atoms with Gasteiger partial charge in [-0.2, -0.15) is 0 Å². The van der Waals surface area contributed by atoms with E-state index in [4.69, 9.17) is 0 Å². The second-order valence-electron chi connectivity index (χ2n) is 4.33. The molecule has 0 aliphatic rings. The van der Waals surface area contributed by atoms with Gasteiger partial charge in [-0.05, 0) is 34.6 Å². The quantitative estimate of drug-likeness (QED) is 0.781. The van der Waals surface area contributed by atoms with Crippen molar-refractivity contribution < 1.29 is 9.02 Å². The van der Waals surface area contributed by atoms with Crippen molar-refractivity contribution in [3.63, 3.8) is 0 Å². The summed E-state index contributed by atoms with van der Waals surface area (Å²) in [6.45, 7) is 0. The van der Waals surface area contributed by atoms with Crippen molar-refractivity contribution in [2.24, 2.45) is 0 Å². The van der Waals surface area contributed by atoms with E-state index in [0.29, 0.717) is 28.6 Å². The van der Waals surface area contributed by atoms with Gasteiger partial charge in [0, 0.05) is 19.8 Å². The molecule has 3 rings (SSSR count). The molecular formula is C12H11FN6O. The Hall–Kier alpha value is -2.77. The first kappa shape index (κ1) is 12.3. The lowest BCUT2D eigenvalue weighted by molar-refractivity contribution is 0.314. The first-order valence-electron chi connectivity index (χ1n) is 5.84. The summed E-state index contributed by atoms with van der Waals surface area (Å²) >= 11 is 0. The molecule has 1 N–H and O–H groups in total. The van der Waals surface area contributed by atoms with E-state index in [1.54, 1.807) is 17.0 Å². The summed E-state index contributed by atoms with van der Waals surface area (Å²) in [4.78, 5) is 10.4. The molecule has 1 aromatic carbocycles. The van der Waals surface area contributed by atoms with Gasteiger partial charge in [0.15, 0.2) is 11.6 Å². The molecule has 3 aromatic rings. The summed E-state index contributed by atoms with van der Waals surface area (Å²) in [5, 5.41) is 10.4. The van der Waals surface area contributed by atoms with Crippen LogP contribution in [0.4, 0.5) is 21.7 Å². The highest BCUT2D eigenvalue weighted by atomic mass is 19.1. The molecule has 20 heavy (non-hydrogen) atoms. The number of benzene rings is 1. The van der Waals surface area contributed by atoms with Gasteiger partial charge in [0.2, 0.25) is 11.3 Å². The lowest BCUT2D eigenvalue weighted by Gasteiger charge is -2.15. The van der Waals surface area contributed by atoms with Crippen molar-refractivity contribution in [3.8, 4) is 0 Å². The smallest absolute Gasteiger partial charge is 0.245 e. The minimum atomic E-state index is -0.300. The summed E-state index contributed by atoms with van der Waals surface area (Å²) in [6.07, 6.45) is 0. The molecule has 2 aromatic heterocycles. The van der Waals surface area contributed by atoms with Gasteiger partial charge >= 0.3 is 0 Å². The maximum atomic E-state index is 12.9. The Bertz CT molecular complexity index is 739. The van der Waals surface area contributed by atoms with Crippen LogP contribution in [-0.2, 0) is 0 Å². The van der Waals surface area contributed by atoms with Gasteiger partial charge in [0.05, 0.1) is 0 Å². The van der Waals surface area contributed by atoms with Gasteiger partial charge in [-0.25, -0.2) is 19.0 Å². The maximum Gasteiger partial charge on any atom is 0.245 e. The number of halogens is 1. The highest BCUT2D eigenvalue weighted by Gasteiger charge is 2.14. The monoisotopic (exact) mass is 274 g/mol. The van der Waals surface area contributed by atoms with Crippen LogP contribution in [-0.4, -0.2) is 34.4 Å². The van der Waals surface area contributed by atoms with Crippen LogP contribution in [0.2, 0.25) is 0 Å². The summed E-state index contributed by atoms with van der Waals surface area (Å²) in [5.41, 5.74) is 1.33. The molecule has 0 saturated heterocycles. The fourth-order valence-corrected chi connectivity index (χ4v) is 1.69. The average Bonchev–Trinajstić information content (AvgIpc) is 2.87. The van der Waals surface area contributed by atoms with Crippen LogP contribution in [0.25, 0.3) is 11.3 Å². The number of hydrogen-bond acceptors (Lipinski definition) is 7. The zero-order valence-corrected chi connectivity index (χ0v) is 10.8. The molecular weight excluding hydrogens is 263 g/mol. The van der Waals surface area contributed by atoms with E-state index in [0.717, 1.165) is 0 Å². The van der Waals surface area contributed by atoms with Crippen LogP contribution < -0.4 is 10.2 Å². The largest absolute Gasteiger partial charge is 0.360 e. The Labute approximate surface area is 113 Å². The highest BCUT2D eigenvalue weighted by Crippen LogP contribution is 2.25. The molecule has 0 amide bonds. The molecule has 0 bridgehead atoms. The molecule has 0 saturated carbocycles. The van der Waals surface area contributed by atoms with Crippen molar-refractivity contribution in [3.05, 3.63) is 30.1 Å². The molecule has 2 heterocycles. The van der Waals surface area contributed by atoms with Gasteiger partial charge in [-0.3, -0.25) is 0 Å². The summed E-state index contributed by atoms with van der Waals surface area (Å²) in [6, 6.07) is 5.95. The number of nitrogens with one attached hydrogen (secondary N) is 1. The van der Waals surface area contributed by atoms with E-state index in [-0.39, 0.29) is 5.82 Å². The Balaban J connectivity index is 2.04. The lowest BCUT2D eigenvalue weighted by atomic mass is 10.3. The van der Waals surface area contributed by atoms with Gasteiger partial charge in [-0.1, -0.05) is 0 Å². The van der Waals surface area contributed by atoms with Crippen molar-refractivity contribution in [2.45, 2.75) is 0 Å². The fourth-order valence-electron chi connectivity index (χ4n) is 1.69. The summed E-state index contributed by atoms with van der Waals surface area (Å²) in [7, 11) is 3.67. The fraction of sp³-hybridized carbons (Fsp3) is 0.167. The minimum absolute atomic E-state index is 0.300. The standard InChI is InChI=1S/C12H11FN6O/c1-19(2)12-11(14-8-5-3-7(13)4-6-8)15-9-10(16-12)18-20-17-9/h3-6H,1-2H3,(H,14,15,17). The van der Waals surface area contributed by atoms with E-state index in [2.05, 4.69) is 30.2 Å². The highest BCUT2D eigenvalue weighted by molar-refractivity contribution is 5.76. The van der Waals surface area contributed by atoms with E-state index in [1.165, 1.54) is 12.1 Å². The average molecular weight is 274 g/mol. The molecule has 102 valence electrons. The van der Waals surface area contributed by atoms with E-state index >= 15 is 0 Å². The second kappa shape index (κ2) is 4.72. The third-order valence-corrected chi connectivity index (χ3v) is 2.63. The van der Waals surface area contributed by atoms with Crippen LogP contribution >= 0.6 is 0 Å². The van der Waals surface area contributed by atoms with Crippen LogP contribution in [0.1, 0.15) is 0 Å². The van der Waals surface area contributed by atoms with Gasteiger partial charge in [0.1, 0.15) is 5.82 Å². The molecule has 0 aliphatic carbocycles. The number of anilines is 3. The molecule has 0 fully saturated rings. The molecule has 0 atom stereocenters. The van der Waals surface area contributed by atoms with Crippen LogP contribution in [0.5, 0.6) is 0 Å². The van der Waals surface area contributed by atoms with Gasteiger partial charge < -0.3 is 10.2 Å². The zero-order chi connectivity index (χ0) is 14.1. The Kier molecular flexibility index (Phi) is 2.90. The predicted octanol–water partition coefficient (Wildman–Crippen LogP) is 1.96. The van der Waals surface area contributed by atoms with Crippen LogP contribution in [0.15, 0.2) is 28.9 Å². The molecule has 8 heteroatoms. The first-order chi connectivity index (χ1) is 9.63. The van der Waals surface area contributed by atoms with Crippen LogP contribution in [0, 0.1) is 5.82 Å².